The highest BCUT2D eigenvalue weighted by Crippen LogP contribution is 2.25. The monoisotopic (exact) mass is 306 g/mol. The highest BCUT2D eigenvalue weighted by molar-refractivity contribution is 8.00. The molecule has 0 aliphatic carbocycles. The maximum atomic E-state index is 12.1. The van der Waals surface area contributed by atoms with Crippen LogP contribution in [0.25, 0.3) is 0 Å². The molecular weight excluding hydrogens is 284 g/mol. The van der Waals surface area contributed by atoms with Crippen molar-refractivity contribution in [2.45, 2.75) is 43.4 Å². The van der Waals surface area contributed by atoms with E-state index in [1.807, 2.05) is 45.0 Å². The van der Waals surface area contributed by atoms with Crippen molar-refractivity contribution < 1.29 is 9.53 Å². The maximum Gasteiger partial charge on any atom is 0.234 e. The Bertz CT molecular complexity index is 494. The molecule has 0 bridgehead atoms. The molecule has 0 aromatic heterocycles. The number of nitrogens with one attached hydrogen (secondary N) is 1. The summed E-state index contributed by atoms with van der Waals surface area (Å²) >= 11 is 1.47. The number of ether oxygens (including phenoxy) is 1. The van der Waals surface area contributed by atoms with Crippen LogP contribution in [0.15, 0.2) is 29.2 Å². The van der Waals surface area contributed by atoms with Gasteiger partial charge in [0.05, 0.1) is 18.4 Å². The molecule has 0 aliphatic heterocycles. The quantitative estimate of drug-likeness (QED) is 0.786. The normalized spacial score (nSPS) is 13.3. The van der Waals surface area contributed by atoms with E-state index in [-0.39, 0.29) is 11.2 Å². The number of amides is 1. The van der Waals surface area contributed by atoms with Gasteiger partial charge in [0.1, 0.15) is 11.8 Å². The Labute approximate surface area is 130 Å². The lowest BCUT2D eigenvalue weighted by atomic mass is 10.0. The van der Waals surface area contributed by atoms with Gasteiger partial charge in [-0.05, 0) is 43.5 Å². The molecule has 1 amide bonds. The number of carbonyl (C=O) groups excluding carboxylic acids is 1. The Morgan fingerprint density at radius 3 is 2.43 bits per heavy atom. The second-order valence-corrected chi connectivity index (χ2v) is 6.67. The third kappa shape index (κ3) is 6.09. The van der Waals surface area contributed by atoms with Crippen molar-refractivity contribution in [2.75, 3.05) is 7.11 Å². The predicted octanol–water partition coefficient (Wildman–Crippen LogP) is 3.23. The van der Waals surface area contributed by atoms with E-state index < -0.39 is 6.04 Å². The second-order valence-electron chi connectivity index (χ2n) is 5.26. The first kappa shape index (κ1) is 17.4. The summed E-state index contributed by atoms with van der Waals surface area (Å²) in [6, 6.07) is 9.29. The van der Waals surface area contributed by atoms with Gasteiger partial charge in [-0.15, -0.1) is 11.8 Å². The van der Waals surface area contributed by atoms with E-state index in [1.165, 1.54) is 11.8 Å². The van der Waals surface area contributed by atoms with Crippen molar-refractivity contribution in [3.8, 4) is 11.8 Å². The molecule has 0 radical (unpaired) electrons. The molecule has 4 nitrogen and oxygen atoms in total. The van der Waals surface area contributed by atoms with Gasteiger partial charge in [-0.25, -0.2) is 0 Å². The molecule has 0 spiro atoms. The van der Waals surface area contributed by atoms with Crippen LogP contribution in [0.2, 0.25) is 0 Å². The summed E-state index contributed by atoms with van der Waals surface area (Å²) in [5.41, 5.74) is 0. The van der Waals surface area contributed by atoms with Crippen LogP contribution in [0.1, 0.15) is 27.2 Å². The molecule has 0 saturated heterocycles. The predicted molar refractivity (Wildman–Crippen MR) is 85.3 cm³/mol. The van der Waals surface area contributed by atoms with Crippen molar-refractivity contribution in [3.63, 3.8) is 0 Å². The molecule has 1 aromatic carbocycles. The summed E-state index contributed by atoms with van der Waals surface area (Å²) < 4.78 is 5.10. The number of benzene rings is 1. The first-order valence-corrected chi connectivity index (χ1v) is 7.85. The van der Waals surface area contributed by atoms with Crippen molar-refractivity contribution in [3.05, 3.63) is 24.3 Å². The molecule has 1 rings (SSSR count). The van der Waals surface area contributed by atoms with Crippen LogP contribution < -0.4 is 10.1 Å². The van der Waals surface area contributed by atoms with E-state index in [4.69, 9.17) is 10.00 Å². The highest BCUT2D eigenvalue weighted by atomic mass is 32.2. The summed E-state index contributed by atoms with van der Waals surface area (Å²) in [6.45, 7) is 5.91. The zero-order valence-corrected chi connectivity index (χ0v) is 13.7. The minimum Gasteiger partial charge on any atom is -0.497 e. The minimum atomic E-state index is -0.420. The van der Waals surface area contributed by atoms with Crippen LogP contribution in [-0.2, 0) is 4.79 Å². The third-order valence-corrected chi connectivity index (χ3v) is 4.03. The molecule has 114 valence electrons. The molecule has 2 atom stereocenters. The first-order chi connectivity index (χ1) is 9.96. The van der Waals surface area contributed by atoms with E-state index in [0.29, 0.717) is 12.3 Å². The summed E-state index contributed by atoms with van der Waals surface area (Å²) in [7, 11) is 1.62. The molecule has 0 aliphatic rings. The van der Waals surface area contributed by atoms with Crippen LogP contribution in [0.5, 0.6) is 5.75 Å². The van der Waals surface area contributed by atoms with Gasteiger partial charge in [0, 0.05) is 4.90 Å². The average Bonchev–Trinajstić information content (AvgIpc) is 2.46. The number of rotatable bonds is 7. The fraction of sp³-hybridized carbons (Fsp3) is 0.500. The molecule has 21 heavy (non-hydrogen) atoms. The Morgan fingerprint density at radius 1 is 1.33 bits per heavy atom. The molecule has 0 heterocycles. The SMILES string of the molecule is COc1ccc(S[C@H](C)C(=O)N[C@H](C#N)CC(C)C)cc1. The largest absolute Gasteiger partial charge is 0.497 e. The zero-order valence-electron chi connectivity index (χ0n) is 12.9. The van der Waals surface area contributed by atoms with E-state index in [0.717, 1.165) is 10.6 Å². The van der Waals surface area contributed by atoms with Crippen LogP contribution in [0.3, 0.4) is 0 Å². The van der Waals surface area contributed by atoms with Crippen LogP contribution >= 0.6 is 11.8 Å². The fourth-order valence-corrected chi connectivity index (χ4v) is 2.69. The summed E-state index contributed by atoms with van der Waals surface area (Å²) in [4.78, 5) is 13.1. The topological polar surface area (TPSA) is 62.1 Å². The lowest BCUT2D eigenvalue weighted by molar-refractivity contribution is -0.120. The van der Waals surface area contributed by atoms with Crippen molar-refractivity contribution in [1.82, 2.24) is 5.32 Å². The number of nitrogens with zero attached hydrogens (tertiary/aromatic N) is 1. The van der Waals surface area contributed by atoms with Gasteiger partial charge < -0.3 is 10.1 Å². The van der Waals surface area contributed by atoms with Gasteiger partial charge in [0.2, 0.25) is 5.91 Å². The van der Waals surface area contributed by atoms with Crippen LogP contribution in [-0.4, -0.2) is 24.3 Å². The number of carbonyl (C=O) groups is 1. The number of hydrogen-bond acceptors (Lipinski definition) is 4. The fourth-order valence-electron chi connectivity index (χ4n) is 1.82. The first-order valence-electron chi connectivity index (χ1n) is 6.97. The van der Waals surface area contributed by atoms with Crippen molar-refractivity contribution in [2.24, 2.45) is 5.92 Å². The Kier molecular flexibility index (Phi) is 7.10. The van der Waals surface area contributed by atoms with Gasteiger partial charge in [-0.2, -0.15) is 5.26 Å². The second kappa shape index (κ2) is 8.58. The average molecular weight is 306 g/mol. The Morgan fingerprint density at radius 2 is 1.95 bits per heavy atom. The molecule has 5 heteroatoms. The van der Waals surface area contributed by atoms with Gasteiger partial charge in [-0.3, -0.25) is 4.79 Å². The van der Waals surface area contributed by atoms with Crippen molar-refractivity contribution in [1.29, 1.82) is 5.26 Å². The van der Waals surface area contributed by atoms with Crippen LogP contribution in [0.4, 0.5) is 0 Å². The van der Waals surface area contributed by atoms with Gasteiger partial charge in [0.25, 0.3) is 0 Å². The van der Waals surface area contributed by atoms with E-state index >= 15 is 0 Å². The minimum absolute atomic E-state index is 0.108. The molecule has 1 aromatic rings. The number of methoxy groups -OCH3 is 1. The third-order valence-electron chi connectivity index (χ3n) is 2.92. The maximum absolute atomic E-state index is 12.1. The number of nitriles is 1. The summed E-state index contributed by atoms with van der Waals surface area (Å²) in [6.07, 6.45) is 0.669. The molecule has 0 saturated carbocycles. The van der Waals surface area contributed by atoms with Gasteiger partial charge in [0.15, 0.2) is 0 Å². The summed E-state index contributed by atoms with van der Waals surface area (Å²) in [5, 5.41) is 11.6. The smallest absolute Gasteiger partial charge is 0.234 e. The number of thioether (sulfide) groups is 1. The van der Waals surface area contributed by atoms with E-state index in [1.54, 1.807) is 7.11 Å². The van der Waals surface area contributed by atoms with E-state index in [9.17, 15) is 4.79 Å². The van der Waals surface area contributed by atoms with E-state index in [2.05, 4.69) is 11.4 Å². The molecule has 1 N–H and O–H groups in total. The molecule has 0 unspecified atom stereocenters. The molecule has 0 fully saturated rings. The lowest BCUT2D eigenvalue weighted by Gasteiger charge is -2.17. The zero-order chi connectivity index (χ0) is 15.8. The highest BCUT2D eigenvalue weighted by Gasteiger charge is 2.19. The number of hydrogen-bond donors (Lipinski definition) is 1. The summed E-state index contributed by atoms with van der Waals surface area (Å²) in [5.74, 6) is 1.06. The van der Waals surface area contributed by atoms with Crippen molar-refractivity contribution >= 4 is 17.7 Å². The van der Waals surface area contributed by atoms with Gasteiger partial charge in [-0.1, -0.05) is 13.8 Å². The molecular formula is C16H22N2O2S. The van der Waals surface area contributed by atoms with Crippen LogP contribution in [0, 0.1) is 17.2 Å². The standard InChI is InChI=1S/C16H22N2O2S/c1-11(2)9-13(10-17)18-16(19)12(3)21-15-7-5-14(20-4)6-8-15/h5-8,11-13H,9H2,1-4H3,(H,18,19)/t12-,13+/m1/s1. The van der Waals surface area contributed by atoms with Gasteiger partial charge >= 0.3 is 0 Å². The lowest BCUT2D eigenvalue weighted by Crippen LogP contribution is -2.39. The Balaban J connectivity index is 2.55. The Hall–Kier alpha value is -1.67.